The topological polar surface area (TPSA) is 120 Å². The van der Waals surface area contributed by atoms with Crippen LogP contribution >= 0.6 is 0 Å². The Bertz CT molecular complexity index is 1170. The minimum Gasteiger partial charge on any atom is -0.494 e. The predicted molar refractivity (Wildman–Crippen MR) is 126 cm³/mol. The molecule has 6 N–H and O–H groups in total. The third kappa shape index (κ3) is 5.70. The molecule has 1 aromatic heterocycles. The first-order valence-electron chi connectivity index (χ1n) is 10.1. The molecule has 0 radical (unpaired) electrons. The summed E-state index contributed by atoms with van der Waals surface area (Å²) in [6, 6.07) is 12.6. The lowest BCUT2D eigenvalue weighted by Gasteiger charge is -2.15. The molecule has 0 amide bonds. The molecule has 1 heterocycles. The third-order valence-electron chi connectivity index (χ3n) is 4.72. The average Bonchev–Trinajstić information content (AvgIpc) is 2.82. The van der Waals surface area contributed by atoms with Crippen LogP contribution in [0.4, 0.5) is 20.2 Å². The van der Waals surface area contributed by atoms with E-state index in [1.54, 1.807) is 43.3 Å². The van der Waals surface area contributed by atoms with Crippen molar-refractivity contribution in [2.45, 2.75) is 13.5 Å². The summed E-state index contributed by atoms with van der Waals surface area (Å²) in [6.07, 6.45) is 3.87. The number of halogens is 2. The van der Waals surface area contributed by atoms with Gasteiger partial charge in [0.25, 0.3) is 0 Å². The number of nitrogens with zero attached hydrogens (tertiary/aromatic N) is 1. The van der Waals surface area contributed by atoms with E-state index >= 15 is 0 Å². The average molecular weight is 450 g/mol. The molecule has 0 unspecified atom stereocenters. The molecule has 0 saturated carbocycles. The fourth-order valence-electron chi connectivity index (χ4n) is 3.11. The number of aromatic nitrogens is 1. The van der Waals surface area contributed by atoms with Crippen molar-refractivity contribution in [1.29, 1.82) is 10.8 Å². The van der Waals surface area contributed by atoms with Crippen LogP contribution in [0.3, 0.4) is 0 Å². The van der Waals surface area contributed by atoms with Crippen LogP contribution < -0.4 is 21.1 Å². The monoisotopic (exact) mass is 450 g/mol. The van der Waals surface area contributed by atoms with Crippen molar-refractivity contribution >= 4 is 23.3 Å². The van der Waals surface area contributed by atoms with E-state index in [2.05, 4.69) is 15.6 Å². The number of para-hydroxylation sites is 1. The van der Waals surface area contributed by atoms with Crippen molar-refractivity contribution in [3.05, 3.63) is 95.1 Å². The first kappa shape index (κ1) is 23.4. The lowest BCUT2D eigenvalue weighted by Crippen LogP contribution is -2.11. The van der Waals surface area contributed by atoms with E-state index in [0.29, 0.717) is 34.9 Å². The lowest BCUT2D eigenvalue weighted by atomic mass is 10.0. The molecule has 0 aliphatic carbocycles. The molecule has 9 heteroatoms. The molecule has 33 heavy (non-hydrogen) atoms. The van der Waals surface area contributed by atoms with E-state index < -0.39 is 11.6 Å². The molecule has 7 nitrogen and oxygen atoms in total. The van der Waals surface area contributed by atoms with Crippen LogP contribution in [-0.4, -0.2) is 23.5 Å². The summed E-state index contributed by atoms with van der Waals surface area (Å²) in [6.45, 7) is 1.93. The Labute approximate surface area is 190 Å². The van der Waals surface area contributed by atoms with Crippen molar-refractivity contribution in [3.63, 3.8) is 0 Å². The van der Waals surface area contributed by atoms with E-state index in [4.69, 9.17) is 21.3 Å². The van der Waals surface area contributed by atoms with Gasteiger partial charge < -0.3 is 26.5 Å². The SMILES string of the molecule is CCOc1cc(F)c(CNc2ccccc2C(=N)c2cc(N/C(C=N)=C/N)ccn2)c(F)c1. The van der Waals surface area contributed by atoms with Crippen LogP contribution in [0, 0.1) is 22.5 Å². The van der Waals surface area contributed by atoms with Crippen molar-refractivity contribution in [2.75, 3.05) is 17.2 Å². The molecule has 0 fully saturated rings. The highest BCUT2D eigenvalue weighted by Crippen LogP contribution is 2.24. The van der Waals surface area contributed by atoms with Crippen molar-refractivity contribution in [1.82, 2.24) is 4.98 Å². The Morgan fingerprint density at radius 3 is 2.55 bits per heavy atom. The Morgan fingerprint density at radius 2 is 1.88 bits per heavy atom. The first-order chi connectivity index (χ1) is 16.0. The zero-order valence-electron chi connectivity index (χ0n) is 18.0. The summed E-state index contributed by atoms with van der Waals surface area (Å²) >= 11 is 0. The van der Waals surface area contributed by atoms with Gasteiger partial charge in [0, 0.05) is 59.8 Å². The fraction of sp³-hybridized carbons (Fsp3) is 0.125. The number of nitrogens with one attached hydrogen (secondary N) is 4. The Morgan fingerprint density at radius 1 is 1.15 bits per heavy atom. The fourth-order valence-corrected chi connectivity index (χ4v) is 3.11. The van der Waals surface area contributed by atoms with Gasteiger partial charge in [0.2, 0.25) is 0 Å². The molecule has 3 aromatic rings. The standard InChI is InChI=1S/C24H24F2N6O/c1-2-33-17-10-20(25)19(21(26)11-17)14-31-22-6-4-3-5-18(22)24(29)23-9-15(7-8-30-23)32-16(12-27)13-28/h3-13,27,29,31H,2,14,28H2,1H3,(H,30,32)/b16-13+,27-12?,29-24?. The van der Waals surface area contributed by atoms with E-state index in [0.717, 1.165) is 18.3 Å². The summed E-state index contributed by atoms with van der Waals surface area (Å²) in [4.78, 5) is 4.26. The Hall–Kier alpha value is -4.27. The number of ether oxygens (including phenoxy) is 1. The van der Waals surface area contributed by atoms with Gasteiger partial charge in [-0.3, -0.25) is 10.4 Å². The van der Waals surface area contributed by atoms with E-state index in [-0.39, 0.29) is 23.6 Å². The maximum atomic E-state index is 14.4. The maximum Gasteiger partial charge on any atom is 0.134 e. The molecular formula is C24H24F2N6O. The first-order valence-corrected chi connectivity index (χ1v) is 10.1. The van der Waals surface area contributed by atoms with Crippen molar-refractivity contribution < 1.29 is 13.5 Å². The predicted octanol–water partition coefficient (Wildman–Crippen LogP) is 4.65. The van der Waals surface area contributed by atoms with Crippen LogP contribution in [0.15, 0.2) is 66.6 Å². The summed E-state index contributed by atoms with van der Waals surface area (Å²) in [5.74, 6) is -1.29. The number of benzene rings is 2. The molecule has 3 rings (SSSR count). The normalized spacial score (nSPS) is 11.1. The summed E-state index contributed by atoms with van der Waals surface area (Å²) in [5.41, 5.74) is 7.85. The van der Waals surface area contributed by atoms with Gasteiger partial charge in [0.15, 0.2) is 0 Å². The second kappa shape index (κ2) is 10.9. The highest BCUT2D eigenvalue weighted by Gasteiger charge is 2.15. The largest absolute Gasteiger partial charge is 0.494 e. The molecule has 2 aromatic carbocycles. The zero-order chi connectivity index (χ0) is 23.8. The number of allylic oxidation sites excluding steroid dienone is 1. The van der Waals surface area contributed by atoms with Gasteiger partial charge in [-0.15, -0.1) is 0 Å². The quantitative estimate of drug-likeness (QED) is 0.288. The van der Waals surface area contributed by atoms with Crippen LogP contribution in [0.25, 0.3) is 0 Å². The highest BCUT2D eigenvalue weighted by molar-refractivity contribution is 6.13. The Balaban J connectivity index is 1.83. The summed E-state index contributed by atoms with van der Waals surface area (Å²) in [5, 5.41) is 21.9. The number of hydrogen-bond acceptors (Lipinski definition) is 7. The number of anilines is 2. The molecular weight excluding hydrogens is 426 g/mol. The van der Waals surface area contributed by atoms with E-state index in [9.17, 15) is 8.78 Å². The van der Waals surface area contributed by atoms with Gasteiger partial charge >= 0.3 is 0 Å². The number of pyridine rings is 1. The lowest BCUT2D eigenvalue weighted by molar-refractivity contribution is 0.335. The van der Waals surface area contributed by atoms with Gasteiger partial charge in [-0.05, 0) is 25.1 Å². The molecule has 0 aliphatic rings. The van der Waals surface area contributed by atoms with E-state index in [1.165, 1.54) is 12.4 Å². The van der Waals surface area contributed by atoms with Crippen LogP contribution in [-0.2, 0) is 6.54 Å². The van der Waals surface area contributed by atoms with Crippen molar-refractivity contribution in [3.8, 4) is 5.75 Å². The van der Waals surface area contributed by atoms with Crippen LogP contribution in [0.5, 0.6) is 5.75 Å². The number of rotatable bonds is 10. The van der Waals surface area contributed by atoms with Crippen LogP contribution in [0.2, 0.25) is 0 Å². The minimum absolute atomic E-state index is 0.113. The molecule has 170 valence electrons. The van der Waals surface area contributed by atoms with Gasteiger partial charge in [0.05, 0.1) is 23.7 Å². The molecule has 0 bridgehead atoms. The van der Waals surface area contributed by atoms with Gasteiger partial charge in [-0.25, -0.2) is 8.78 Å². The van der Waals surface area contributed by atoms with Gasteiger partial charge in [-0.2, -0.15) is 0 Å². The number of hydrogen-bond donors (Lipinski definition) is 5. The molecule has 0 aliphatic heterocycles. The molecule has 0 saturated heterocycles. The summed E-state index contributed by atoms with van der Waals surface area (Å²) < 4.78 is 34.0. The number of nitrogens with two attached hydrogens (primary N) is 1. The zero-order valence-corrected chi connectivity index (χ0v) is 18.0. The minimum atomic E-state index is -0.714. The Kier molecular flexibility index (Phi) is 7.69. The van der Waals surface area contributed by atoms with Crippen LogP contribution in [0.1, 0.15) is 23.7 Å². The summed E-state index contributed by atoms with van der Waals surface area (Å²) in [7, 11) is 0. The third-order valence-corrected chi connectivity index (χ3v) is 4.72. The van der Waals surface area contributed by atoms with Crippen molar-refractivity contribution in [2.24, 2.45) is 5.73 Å². The molecule has 0 spiro atoms. The smallest absolute Gasteiger partial charge is 0.134 e. The second-order valence-corrected chi connectivity index (χ2v) is 6.89. The maximum absolute atomic E-state index is 14.4. The van der Waals surface area contributed by atoms with Gasteiger partial charge in [0.1, 0.15) is 17.4 Å². The van der Waals surface area contributed by atoms with Gasteiger partial charge in [-0.1, -0.05) is 18.2 Å². The molecule has 0 atom stereocenters. The second-order valence-electron chi connectivity index (χ2n) is 6.89. The highest BCUT2D eigenvalue weighted by atomic mass is 19.1. The van der Waals surface area contributed by atoms with E-state index in [1.807, 2.05) is 0 Å².